The summed E-state index contributed by atoms with van der Waals surface area (Å²) in [7, 11) is 0. The van der Waals surface area contributed by atoms with Crippen LogP contribution in [0.1, 0.15) is 24.5 Å². The maximum Gasteiger partial charge on any atom is 0.123 e. The van der Waals surface area contributed by atoms with Crippen LogP contribution < -0.4 is 0 Å². The molecular weight excluding hydrogens is 266 g/mol. The highest BCUT2D eigenvalue weighted by Gasteiger charge is 2.31. The minimum absolute atomic E-state index is 0.328. The first-order valence-electron chi connectivity index (χ1n) is 6.52. The van der Waals surface area contributed by atoms with Crippen LogP contribution in [-0.2, 0) is 5.41 Å². The maximum atomic E-state index is 13.2. The van der Waals surface area contributed by atoms with Crippen molar-refractivity contribution in [3.05, 3.63) is 71.3 Å². The lowest BCUT2D eigenvalue weighted by Crippen LogP contribution is -2.25. The van der Waals surface area contributed by atoms with Crippen molar-refractivity contribution in [3.8, 4) is 24.2 Å². The van der Waals surface area contributed by atoms with E-state index in [1.54, 1.807) is 31.2 Å². The number of rotatable bonds is 3. The Balaban J connectivity index is 2.62. The molecule has 0 nitrogen and oxygen atoms in total. The molecule has 0 bridgehead atoms. The summed E-state index contributed by atoms with van der Waals surface area (Å²) < 4.78 is 26.3. The van der Waals surface area contributed by atoms with Gasteiger partial charge in [-0.2, -0.15) is 0 Å². The molecule has 2 heteroatoms. The van der Waals surface area contributed by atoms with Gasteiger partial charge in [0.15, 0.2) is 0 Å². The Bertz CT molecular complexity index is 662. The second kappa shape index (κ2) is 6.25. The molecule has 0 radical (unpaired) electrons. The molecule has 0 fully saturated rings. The first kappa shape index (κ1) is 14.8. The van der Waals surface area contributed by atoms with Crippen LogP contribution in [0.4, 0.5) is 8.78 Å². The molecule has 0 aliphatic heterocycles. The molecule has 0 N–H and O–H groups in total. The van der Waals surface area contributed by atoms with Gasteiger partial charge in [0.25, 0.3) is 0 Å². The largest absolute Gasteiger partial charge is 0.207 e. The predicted molar refractivity (Wildman–Crippen MR) is 80.5 cm³/mol. The van der Waals surface area contributed by atoms with Crippen molar-refractivity contribution >= 4 is 0 Å². The molecule has 0 atom stereocenters. The molecule has 0 amide bonds. The average Bonchev–Trinajstić information content (AvgIpc) is 2.51. The first-order chi connectivity index (χ1) is 10.1. The van der Waals surface area contributed by atoms with E-state index in [0.717, 1.165) is 11.1 Å². The Morgan fingerprint density at radius 1 is 0.905 bits per heavy atom. The van der Waals surface area contributed by atoms with Gasteiger partial charge in [0.1, 0.15) is 11.6 Å². The van der Waals surface area contributed by atoms with E-state index in [4.69, 9.17) is 6.42 Å². The van der Waals surface area contributed by atoms with Crippen molar-refractivity contribution in [3.63, 3.8) is 0 Å². The molecular formula is C19H14F2. The fourth-order valence-corrected chi connectivity index (χ4v) is 2.28. The summed E-state index contributed by atoms with van der Waals surface area (Å²) in [6, 6.07) is 12.1. The van der Waals surface area contributed by atoms with E-state index >= 15 is 0 Å². The van der Waals surface area contributed by atoms with Crippen molar-refractivity contribution in [2.45, 2.75) is 18.8 Å². The summed E-state index contributed by atoms with van der Waals surface area (Å²) in [5.41, 5.74) is 0.714. The van der Waals surface area contributed by atoms with Gasteiger partial charge < -0.3 is 0 Å². The minimum Gasteiger partial charge on any atom is -0.207 e. The van der Waals surface area contributed by atoms with Crippen LogP contribution in [0.15, 0.2) is 48.5 Å². The van der Waals surface area contributed by atoms with Gasteiger partial charge in [0.2, 0.25) is 0 Å². The molecule has 104 valence electrons. The zero-order chi connectivity index (χ0) is 15.3. The van der Waals surface area contributed by atoms with Crippen LogP contribution in [0.5, 0.6) is 0 Å². The lowest BCUT2D eigenvalue weighted by atomic mass is 9.73. The minimum atomic E-state index is -0.815. The Labute approximate surface area is 123 Å². The molecule has 0 spiro atoms. The predicted octanol–water partition coefficient (Wildman–Crippen LogP) is 4.30. The van der Waals surface area contributed by atoms with Crippen molar-refractivity contribution in [1.29, 1.82) is 0 Å². The number of halogens is 2. The molecule has 0 aliphatic rings. The van der Waals surface area contributed by atoms with Crippen molar-refractivity contribution in [2.75, 3.05) is 0 Å². The molecule has 21 heavy (non-hydrogen) atoms. The summed E-state index contributed by atoms with van der Waals surface area (Å²) in [4.78, 5) is 0. The van der Waals surface area contributed by atoms with Gasteiger partial charge in [-0.3, -0.25) is 0 Å². The van der Waals surface area contributed by atoms with Crippen LogP contribution in [0.3, 0.4) is 0 Å². The molecule has 0 heterocycles. The van der Waals surface area contributed by atoms with Gasteiger partial charge in [0.05, 0.1) is 5.41 Å². The molecule has 2 aromatic rings. The monoisotopic (exact) mass is 280 g/mol. The van der Waals surface area contributed by atoms with Crippen LogP contribution in [0.2, 0.25) is 0 Å². The topological polar surface area (TPSA) is 0 Å². The summed E-state index contributed by atoms with van der Waals surface area (Å²) in [6.07, 6.45) is 6.17. The van der Waals surface area contributed by atoms with Gasteiger partial charge in [-0.05, 0) is 42.3 Å². The van der Waals surface area contributed by atoms with Gasteiger partial charge in [0, 0.05) is 6.42 Å². The van der Waals surface area contributed by atoms with E-state index in [1.807, 2.05) is 0 Å². The molecule has 2 rings (SSSR count). The number of terminal acetylenes is 1. The van der Waals surface area contributed by atoms with E-state index in [0.29, 0.717) is 6.42 Å². The van der Waals surface area contributed by atoms with E-state index < -0.39 is 5.41 Å². The number of hydrogen-bond acceptors (Lipinski definition) is 0. The van der Waals surface area contributed by atoms with Crippen LogP contribution >= 0.6 is 0 Å². The van der Waals surface area contributed by atoms with E-state index in [1.165, 1.54) is 24.3 Å². The Kier molecular flexibility index (Phi) is 4.41. The van der Waals surface area contributed by atoms with Gasteiger partial charge in [-0.25, -0.2) is 8.78 Å². The van der Waals surface area contributed by atoms with Crippen molar-refractivity contribution < 1.29 is 8.78 Å². The van der Waals surface area contributed by atoms with Crippen LogP contribution in [0.25, 0.3) is 0 Å². The van der Waals surface area contributed by atoms with Gasteiger partial charge in [-0.1, -0.05) is 30.2 Å². The molecule has 0 unspecified atom stereocenters. The highest BCUT2D eigenvalue weighted by molar-refractivity contribution is 5.48. The Hall–Kier alpha value is -2.58. The first-order valence-corrected chi connectivity index (χ1v) is 6.52. The third-order valence-electron chi connectivity index (χ3n) is 3.45. The van der Waals surface area contributed by atoms with Crippen LogP contribution in [0, 0.1) is 35.8 Å². The lowest BCUT2D eigenvalue weighted by Gasteiger charge is -2.28. The third kappa shape index (κ3) is 2.96. The summed E-state index contributed by atoms with van der Waals surface area (Å²) in [5, 5.41) is 0. The summed E-state index contributed by atoms with van der Waals surface area (Å²) in [6.45, 7) is 1.73. The molecule has 0 saturated heterocycles. The zero-order valence-corrected chi connectivity index (χ0v) is 11.7. The Morgan fingerprint density at radius 3 is 1.67 bits per heavy atom. The van der Waals surface area contributed by atoms with E-state index in [9.17, 15) is 8.78 Å². The SMILES string of the molecule is C#CC(CC#CC)(c1ccc(F)cc1)c1ccc(F)cc1. The van der Waals surface area contributed by atoms with Gasteiger partial charge >= 0.3 is 0 Å². The average molecular weight is 280 g/mol. The fourth-order valence-electron chi connectivity index (χ4n) is 2.28. The quantitative estimate of drug-likeness (QED) is 0.735. The highest BCUT2D eigenvalue weighted by atomic mass is 19.1. The third-order valence-corrected chi connectivity index (χ3v) is 3.45. The molecule has 0 aliphatic carbocycles. The normalized spacial score (nSPS) is 10.4. The zero-order valence-electron chi connectivity index (χ0n) is 11.7. The lowest BCUT2D eigenvalue weighted by molar-refractivity contribution is 0.618. The highest BCUT2D eigenvalue weighted by Crippen LogP contribution is 2.35. The summed E-state index contributed by atoms with van der Waals surface area (Å²) in [5.74, 6) is 7.93. The number of hydrogen-bond donors (Lipinski definition) is 0. The van der Waals surface area contributed by atoms with E-state index in [2.05, 4.69) is 17.8 Å². The van der Waals surface area contributed by atoms with Crippen LogP contribution in [-0.4, -0.2) is 0 Å². The van der Waals surface area contributed by atoms with Crippen molar-refractivity contribution in [2.24, 2.45) is 0 Å². The Morgan fingerprint density at radius 2 is 1.33 bits per heavy atom. The summed E-state index contributed by atoms with van der Waals surface area (Å²) >= 11 is 0. The smallest absolute Gasteiger partial charge is 0.123 e. The maximum absolute atomic E-state index is 13.2. The molecule has 0 saturated carbocycles. The van der Waals surface area contributed by atoms with Crippen molar-refractivity contribution in [1.82, 2.24) is 0 Å². The molecule has 2 aromatic carbocycles. The van der Waals surface area contributed by atoms with Gasteiger partial charge in [-0.15, -0.1) is 18.3 Å². The number of benzene rings is 2. The second-order valence-corrected chi connectivity index (χ2v) is 4.67. The standard InChI is InChI=1S/C19H14F2/c1-3-5-14-19(4-2,15-6-10-17(20)11-7-15)16-8-12-18(21)13-9-16/h2,6-13H,14H2,1H3. The van der Waals surface area contributed by atoms with E-state index in [-0.39, 0.29) is 11.6 Å². The molecule has 0 aromatic heterocycles. The second-order valence-electron chi connectivity index (χ2n) is 4.67. The fraction of sp³-hybridized carbons (Fsp3) is 0.158.